The zero-order valence-electron chi connectivity index (χ0n) is 12.0. The maximum atomic E-state index is 11.9. The number of pyridine rings is 1. The van der Waals surface area contributed by atoms with Crippen molar-refractivity contribution in [2.24, 2.45) is 0 Å². The molecular weight excluding hydrogens is 280 g/mol. The summed E-state index contributed by atoms with van der Waals surface area (Å²) in [5, 5.41) is 9.70. The third-order valence-electron chi connectivity index (χ3n) is 3.28. The quantitative estimate of drug-likeness (QED) is 0.783. The fourth-order valence-corrected chi connectivity index (χ4v) is 2.18. The van der Waals surface area contributed by atoms with Gasteiger partial charge >= 0.3 is 0 Å². The normalized spacial score (nSPS) is 10.4. The van der Waals surface area contributed by atoms with Crippen molar-refractivity contribution in [1.29, 1.82) is 5.26 Å². The maximum Gasteiger partial charge on any atom is 0.260 e. The first-order chi connectivity index (χ1) is 10.6. The molecule has 0 spiro atoms. The second-order valence-electron chi connectivity index (χ2n) is 4.86. The van der Waals surface area contributed by atoms with Crippen molar-refractivity contribution >= 4 is 10.9 Å². The lowest BCUT2D eigenvalue weighted by atomic mass is 10.1. The second-order valence-corrected chi connectivity index (χ2v) is 4.86. The van der Waals surface area contributed by atoms with Gasteiger partial charge in [-0.1, -0.05) is 17.7 Å². The average Bonchev–Trinajstić information content (AvgIpc) is 2.50. The number of H-pyrrole nitrogens is 1. The third kappa shape index (κ3) is 2.29. The highest BCUT2D eigenvalue weighted by atomic mass is 16.5. The number of hydrogen-bond acceptors (Lipinski definition) is 5. The summed E-state index contributed by atoms with van der Waals surface area (Å²) in [4.78, 5) is 22.7. The van der Waals surface area contributed by atoms with Gasteiger partial charge in [0.1, 0.15) is 22.9 Å². The molecule has 2 heterocycles. The van der Waals surface area contributed by atoms with E-state index in [1.54, 1.807) is 19.1 Å². The number of ether oxygens (including phenoxy) is 1. The highest BCUT2D eigenvalue weighted by molar-refractivity contribution is 5.86. The summed E-state index contributed by atoms with van der Waals surface area (Å²) >= 11 is 0. The van der Waals surface area contributed by atoms with Crippen LogP contribution in [0.25, 0.3) is 10.9 Å². The second kappa shape index (κ2) is 5.30. The Hall–Kier alpha value is -3.20. The zero-order chi connectivity index (χ0) is 15.7. The molecule has 6 nitrogen and oxygen atoms in total. The van der Waals surface area contributed by atoms with Crippen molar-refractivity contribution in [2.75, 3.05) is 0 Å². The Morgan fingerprint density at radius 3 is 2.64 bits per heavy atom. The van der Waals surface area contributed by atoms with Gasteiger partial charge in [0.25, 0.3) is 5.56 Å². The van der Waals surface area contributed by atoms with Crippen molar-refractivity contribution in [2.45, 2.75) is 13.8 Å². The van der Waals surface area contributed by atoms with Crippen LogP contribution < -0.4 is 10.3 Å². The van der Waals surface area contributed by atoms with Crippen LogP contribution in [0.5, 0.6) is 11.6 Å². The number of aromatic nitrogens is 3. The molecule has 3 aromatic rings. The van der Waals surface area contributed by atoms with Gasteiger partial charge in [-0.05, 0) is 26.0 Å². The van der Waals surface area contributed by atoms with E-state index in [2.05, 4.69) is 15.0 Å². The smallest absolute Gasteiger partial charge is 0.260 e. The molecule has 0 unspecified atom stereocenters. The molecular formula is C16H12N4O2. The summed E-state index contributed by atoms with van der Waals surface area (Å²) < 4.78 is 5.70. The van der Waals surface area contributed by atoms with Crippen LogP contribution >= 0.6 is 0 Å². The minimum absolute atomic E-state index is 0.146. The lowest BCUT2D eigenvalue weighted by molar-refractivity contribution is 0.461. The standard InChI is InChI=1S/C16H12N4O2/c1-9-3-5-11(6-4-9)22-16-12(7-17)14-13(10(2)20-16)15(21)19-8-18-14/h3-6,8H,1-2H3,(H,18,19,21). The van der Waals surface area contributed by atoms with E-state index >= 15 is 0 Å². The predicted octanol–water partition coefficient (Wildman–Crippen LogP) is 2.60. The van der Waals surface area contributed by atoms with E-state index in [9.17, 15) is 10.1 Å². The molecule has 0 bridgehead atoms. The molecule has 0 radical (unpaired) electrons. The first kappa shape index (κ1) is 13.8. The summed E-state index contributed by atoms with van der Waals surface area (Å²) in [5.74, 6) is 0.715. The van der Waals surface area contributed by atoms with Gasteiger partial charge < -0.3 is 9.72 Å². The first-order valence-corrected chi connectivity index (χ1v) is 6.63. The Bertz CT molecular complexity index is 953. The minimum Gasteiger partial charge on any atom is -0.438 e. The van der Waals surface area contributed by atoms with Crippen molar-refractivity contribution in [1.82, 2.24) is 15.0 Å². The van der Waals surface area contributed by atoms with E-state index in [-0.39, 0.29) is 17.0 Å². The summed E-state index contributed by atoms with van der Waals surface area (Å²) in [7, 11) is 0. The number of nitrogens with zero attached hydrogens (tertiary/aromatic N) is 3. The number of aromatic amines is 1. The molecule has 0 saturated heterocycles. The van der Waals surface area contributed by atoms with E-state index in [1.807, 2.05) is 25.1 Å². The molecule has 0 aliphatic heterocycles. The number of nitriles is 1. The third-order valence-corrected chi connectivity index (χ3v) is 3.28. The number of aryl methyl sites for hydroxylation is 2. The summed E-state index contributed by atoms with van der Waals surface area (Å²) in [6.07, 6.45) is 1.26. The Labute approximate surface area is 126 Å². The molecule has 0 aliphatic carbocycles. The number of benzene rings is 1. The number of rotatable bonds is 2. The van der Waals surface area contributed by atoms with Gasteiger partial charge in [-0.25, -0.2) is 9.97 Å². The highest BCUT2D eigenvalue weighted by Crippen LogP contribution is 2.28. The van der Waals surface area contributed by atoms with Gasteiger partial charge in [0, 0.05) is 0 Å². The topological polar surface area (TPSA) is 91.7 Å². The fourth-order valence-electron chi connectivity index (χ4n) is 2.18. The molecule has 2 aromatic heterocycles. The van der Waals surface area contributed by atoms with E-state index in [0.29, 0.717) is 22.3 Å². The maximum absolute atomic E-state index is 11.9. The highest BCUT2D eigenvalue weighted by Gasteiger charge is 2.17. The Morgan fingerprint density at radius 1 is 1.23 bits per heavy atom. The molecule has 6 heteroatoms. The number of nitrogens with one attached hydrogen (secondary N) is 1. The number of hydrogen-bond donors (Lipinski definition) is 1. The van der Waals surface area contributed by atoms with Crippen molar-refractivity contribution in [3.63, 3.8) is 0 Å². The molecule has 1 N–H and O–H groups in total. The van der Waals surface area contributed by atoms with Crippen molar-refractivity contribution in [3.05, 3.63) is 57.8 Å². The summed E-state index contributed by atoms with van der Waals surface area (Å²) in [6, 6.07) is 9.41. The molecule has 108 valence electrons. The summed E-state index contributed by atoms with van der Waals surface area (Å²) in [6.45, 7) is 3.65. The SMILES string of the molecule is Cc1ccc(Oc2nc(C)c3c(=O)[nH]cnc3c2C#N)cc1. The van der Waals surface area contributed by atoms with Crippen LogP contribution in [0, 0.1) is 25.2 Å². The monoisotopic (exact) mass is 292 g/mol. The van der Waals surface area contributed by atoms with Gasteiger partial charge in [0.15, 0.2) is 0 Å². The molecule has 0 amide bonds. The fraction of sp³-hybridized carbons (Fsp3) is 0.125. The Balaban J connectivity index is 2.20. The van der Waals surface area contributed by atoms with Crippen LogP contribution in [0.2, 0.25) is 0 Å². The predicted molar refractivity (Wildman–Crippen MR) is 80.9 cm³/mol. The van der Waals surface area contributed by atoms with E-state index in [1.165, 1.54) is 6.33 Å². The lowest BCUT2D eigenvalue weighted by Crippen LogP contribution is -2.10. The van der Waals surface area contributed by atoms with E-state index in [0.717, 1.165) is 5.56 Å². The van der Waals surface area contributed by atoms with Gasteiger partial charge in [-0.2, -0.15) is 5.26 Å². The minimum atomic E-state index is -0.326. The van der Waals surface area contributed by atoms with E-state index < -0.39 is 0 Å². The van der Waals surface area contributed by atoms with Gasteiger partial charge in [0.2, 0.25) is 5.88 Å². The summed E-state index contributed by atoms with van der Waals surface area (Å²) in [5.41, 5.74) is 1.68. The van der Waals surface area contributed by atoms with Crippen LogP contribution in [-0.4, -0.2) is 15.0 Å². The molecule has 0 fully saturated rings. The molecule has 0 aliphatic rings. The van der Waals surface area contributed by atoms with Gasteiger partial charge in [-0.3, -0.25) is 4.79 Å². The lowest BCUT2D eigenvalue weighted by Gasteiger charge is -2.09. The molecule has 0 atom stereocenters. The Kier molecular flexibility index (Phi) is 3.31. The van der Waals surface area contributed by atoms with Crippen molar-refractivity contribution in [3.8, 4) is 17.7 Å². The van der Waals surface area contributed by atoms with Crippen LogP contribution in [-0.2, 0) is 0 Å². The zero-order valence-corrected chi connectivity index (χ0v) is 12.0. The van der Waals surface area contributed by atoms with Crippen molar-refractivity contribution < 1.29 is 4.74 Å². The van der Waals surface area contributed by atoms with E-state index in [4.69, 9.17) is 4.74 Å². The molecule has 22 heavy (non-hydrogen) atoms. The van der Waals surface area contributed by atoms with Crippen LogP contribution in [0.15, 0.2) is 35.4 Å². The van der Waals surface area contributed by atoms with Crippen LogP contribution in [0.3, 0.4) is 0 Å². The first-order valence-electron chi connectivity index (χ1n) is 6.63. The van der Waals surface area contributed by atoms with Crippen LogP contribution in [0.1, 0.15) is 16.8 Å². The van der Waals surface area contributed by atoms with Gasteiger partial charge in [0.05, 0.1) is 17.4 Å². The van der Waals surface area contributed by atoms with Gasteiger partial charge in [-0.15, -0.1) is 0 Å². The average molecular weight is 292 g/mol. The van der Waals surface area contributed by atoms with Crippen LogP contribution in [0.4, 0.5) is 0 Å². The molecule has 0 saturated carbocycles. The Morgan fingerprint density at radius 2 is 1.95 bits per heavy atom. The molecule has 3 rings (SSSR count). The molecule has 1 aromatic carbocycles. The number of fused-ring (bicyclic) bond motifs is 1. The largest absolute Gasteiger partial charge is 0.438 e.